The minimum Gasteiger partial charge on any atom is -0.481 e. The second-order valence-electron chi connectivity index (χ2n) is 7.28. The number of carboxylic acids is 1. The van der Waals surface area contributed by atoms with Gasteiger partial charge in [0.15, 0.2) is 0 Å². The van der Waals surface area contributed by atoms with Crippen molar-refractivity contribution in [3.05, 3.63) is 48.0 Å². The standard InChI is InChI=1S/C20H28O4/c1-13(2)16-6-5-14(3)17(20(16,4)9-7-19(22)23)11-18-15(12-21)8-10-24-18/h8,10,16-17,21H,1,3,5-7,9,11-12H2,2,4H3,(H,22,23). The van der Waals surface area contributed by atoms with Crippen LogP contribution in [0.5, 0.6) is 0 Å². The van der Waals surface area contributed by atoms with Crippen LogP contribution < -0.4 is 0 Å². The molecule has 132 valence electrons. The van der Waals surface area contributed by atoms with Crippen molar-refractivity contribution in [1.29, 1.82) is 0 Å². The van der Waals surface area contributed by atoms with Gasteiger partial charge in [0, 0.05) is 18.4 Å². The molecule has 0 radical (unpaired) electrons. The van der Waals surface area contributed by atoms with Gasteiger partial charge in [0.25, 0.3) is 0 Å². The Balaban J connectivity index is 2.36. The fourth-order valence-electron chi connectivity index (χ4n) is 4.33. The second kappa shape index (κ2) is 7.39. The third-order valence-corrected chi connectivity index (χ3v) is 5.71. The Morgan fingerprint density at radius 3 is 2.79 bits per heavy atom. The van der Waals surface area contributed by atoms with Crippen molar-refractivity contribution in [2.24, 2.45) is 17.3 Å². The zero-order valence-electron chi connectivity index (χ0n) is 14.7. The van der Waals surface area contributed by atoms with Gasteiger partial charge in [0.1, 0.15) is 5.76 Å². The average Bonchev–Trinajstić information content (AvgIpc) is 2.96. The van der Waals surface area contributed by atoms with E-state index >= 15 is 0 Å². The van der Waals surface area contributed by atoms with E-state index in [9.17, 15) is 15.0 Å². The molecular formula is C20H28O4. The highest BCUT2D eigenvalue weighted by Crippen LogP contribution is 2.53. The average molecular weight is 332 g/mol. The summed E-state index contributed by atoms with van der Waals surface area (Å²) < 4.78 is 5.58. The molecule has 3 unspecified atom stereocenters. The second-order valence-corrected chi connectivity index (χ2v) is 7.28. The van der Waals surface area contributed by atoms with Gasteiger partial charge in [-0.3, -0.25) is 4.79 Å². The molecule has 1 saturated carbocycles. The molecule has 0 spiro atoms. The van der Waals surface area contributed by atoms with E-state index < -0.39 is 5.97 Å². The van der Waals surface area contributed by atoms with Crippen LogP contribution in [0.3, 0.4) is 0 Å². The Bertz CT molecular complexity index is 627. The van der Waals surface area contributed by atoms with E-state index in [1.807, 2.05) is 6.92 Å². The number of allylic oxidation sites excluding steroid dienone is 2. The van der Waals surface area contributed by atoms with Crippen LogP contribution in [-0.4, -0.2) is 16.2 Å². The number of hydrogen-bond acceptors (Lipinski definition) is 3. The number of aliphatic hydroxyl groups excluding tert-OH is 1. The Hall–Kier alpha value is -1.81. The van der Waals surface area contributed by atoms with Gasteiger partial charge in [-0.15, -0.1) is 0 Å². The molecule has 2 rings (SSSR count). The van der Waals surface area contributed by atoms with Crippen LogP contribution in [0.4, 0.5) is 0 Å². The lowest BCUT2D eigenvalue weighted by atomic mass is 9.55. The van der Waals surface area contributed by atoms with Gasteiger partial charge in [-0.2, -0.15) is 0 Å². The zero-order valence-corrected chi connectivity index (χ0v) is 14.7. The van der Waals surface area contributed by atoms with Crippen molar-refractivity contribution >= 4 is 5.97 Å². The normalized spacial score (nSPS) is 27.2. The highest BCUT2D eigenvalue weighted by Gasteiger charge is 2.46. The molecule has 4 heteroatoms. The van der Waals surface area contributed by atoms with Gasteiger partial charge in [-0.05, 0) is 49.5 Å². The van der Waals surface area contributed by atoms with Gasteiger partial charge in [-0.25, -0.2) is 0 Å². The van der Waals surface area contributed by atoms with Crippen LogP contribution in [0.2, 0.25) is 0 Å². The van der Waals surface area contributed by atoms with Crippen LogP contribution in [0.25, 0.3) is 0 Å². The molecule has 1 aromatic rings. The van der Waals surface area contributed by atoms with Crippen LogP contribution in [0, 0.1) is 17.3 Å². The molecule has 1 aliphatic rings. The highest BCUT2D eigenvalue weighted by molar-refractivity contribution is 5.66. The molecule has 0 bridgehead atoms. The largest absolute Gasteiger partial charge is 0.481 e. The SMILES string of the molecule is C=C(C)C1CCC(=C)C(Cc2occc2CO)C1(C)CCC(=O)O. The van der Waals surface area contributed by atoms with Crippen LogP contribution in [0.1, 0.15) is 50.9 Å². The third-order valence-electron chi connectivity index (χ3n) is 5.71. The first-order valence-electron chi connectivity index (χ1n) is 8.50. The molecule has 0 aromatic carbocycles. The topological polar surface area (TPSA) is 70.7 Å². The van der Waals surface area contributed by atoms with E-state index in [0.717, 1.165) is 35.3 Å². The number of carboxylic acid groups (broad SMARTS) is 1. The lowest BCUT2D eigenvalue weighted by molar-refractivity contribution is -0.138. The monoisotopic (exact) mass is 332 g/mol. The van der Waals surface area contributed by atoms with Gasteiger partial charge in [-0.1, -0.05) is 31.2 Å². The quantitative estimate of drug-likeness (QED) is 0.729. The number of rotatable bonds is 7. The van der Waals surface area contributed by atoms with Crippen molar-refractivity contribution in [3.63, 3.8) is 0 Å². The summed E-state index contributed by atoms with van der Waals surface area (Å²) in [6.07, 6.45) is 4.83. The first-order valence-corrected chi connectivity index (χ1v) is 8.50. The molecule has 1 aromatic heterocycles. The van der Waals surface area contributed by atoms with Crippen molar-refractivity contribution in [1.82, 2.24) is 0 Å². The van der Waals surface area contributed by atoms with Crippen LogP contribution in [0.15, 0.2) is 41.1 Å². The minimum absolute atomic E-state index is 0.0548. The molecule has 2 N–H and O–H groups in total. The molecule has 1 heterocycles. The zero-order chi connectivity index (χ0) is 17.9. The lowest BCUT2D eigenvalue weighted by Gasteiger charge is -2.49. The fourth-order valence-corrected chi connectivity index (χ4v) is 4.33. The minimum atomic E-state index is -0.777. The summed E-state index contributed by atoms with van der Waals surface area (Å²) in [4.78, 5) is 11.2. The van der Waals surface area contributed by atoms with Crippen molar-refractivity contribution in [2.45, 2.75) is 52.6 Å². The molecule has 4 nitrogen and oxygen atoms in total. The first kappa shape index (κ1) is 18.5. The van der Waals surface area contributed by atoms with Crippen LogP contribution >= 0.6 is 0 Å². The summed E-state index contributed by atoms with van der Waals surface area (Å²) >= 11 is 0. The summed E-state index contributed by atoms with van der Waals surface area (Å²) in [5.74, 6) is 0.372. The molecule has 0 saturated heterocycles. The fraction of sp³-hybridized carbons (Fsp3) is 0.550. The predicted molar refractivity (Wildman–Crippen MR) is 93.5 cm³/mol. The number of aliphatic hydroxyl groups is 1. The summed E-state index contributed by atoms with van der Waals surface area (Å²) in [6.45, 7) is 12.6. The first-order chi connectivity index (χ1) is 11.3. The summed E-state index contributed by atoms with van der Waals surface area (Å²) in [5, 5.41) is 18.7. The summed E-state index contributed by atoms with van der Waals surface area (Å²) in [7, 11) is 0. The van der Waals surface area contributed by atoms with E-state index in [1.165, 1.54) is 0 Å². The van der Waals surface area contributed by atoms with E-state index in [4.69, 9.17) is 4.42 Å². The molecule has 3 atom stereocenters. The van der Waals surface area contributed by atoms with Crippen molar-refractivity contribution in [2.75, 3.05) is 0 Å². The highest BCUT2D eigenvalue weighted by atomic mass is 16.4. The Kier molecular flexibility index (Phi) is 5.70. The van der Waals surface area contributed by atoms with E-state index in [1.54, 1.807) is 12.3 Å². The maximum Gasteiger partial charge on any atom is 0.303 e. The summed E-state index contributed by atoms with van der Waals surface area (Å²) in [6, 6.07) is 1.78. The molecule has 1 aliphatic carbocycles. The van der Waals surface area contributed by atoms with Gasteiger partial charge < -0.3 is 14.6 Å². The van der Waals surface area contributed by atoms with Gasteiger partial charge in [0.05, 0.1) is 12.9 Å². The Morgan fingerprint density at radius 2 is 2.21 bits per heavy atom. The molecule has 1 fully saturated rings. The maximum atomic E-state index is 11.2. The van der Waals surface area contributed by atoms with Crippen LogP contribution in [-0.2, 0) is 17.8 Å². The van der Waals surface area contributed by atoms with E-state index in [-0.39, 0.29) is 30.3 Å². The van der Waals surface area contributed by atoms with E-state index in [2.05, 4.69) is 20.1 Å². The number of hydrogen-bond donors (Lipinski definition) is 2. The van der Waals surface area contributed by atoms with E-state index in [0.29, 0.717) is 12.8 Å². The smallest absolute Gasteiger partial charge is 0.303 e. The molecule has 24 heavy (non-hydrogen) atoms. The van der Waals surface area contributed by atoms with Gasteiger partial charge in [0.2, 0.25) is 0 Å². The number of aliphatic carboxylic acids is 1. The van der Waals surface area contributed by atoms with Gasteiger partial charge >= 0.3 is 5.97 Å². The third kappa shape index (κ3) is 3.64. The molecule has 0 aliphatic heterocycles. The Labute approximate surface area is 143 Å². The lowest BCUT2D eigenvalue weighted by Crippen LogP contribution is -2.42. The molecule has 0 amide bonds. The Morgan fingerprint density at radius 1 is 1.50 bits per heavy atom. The molecular weight excluding hydrogens is 304 g/mol. The van der Waals surface area contributed by atoms with Crippen molar-refractivity contribution in [3.8, 4) is 0 Å². The number of furan rings is 1. The maximum absolute atomic E-state index is 11.2. The predicted octanol–water partition coefficient (Wildman–Crippen LogP) is 4.34. The number of carbonyl (C=O) groups is 1. The van der Waals surface area contributed by atoms with Crippen molar-refractivity contribution < 1.29 is 19.4 Å². The summed E-state index contributed by atoms with van der Waals surface area (Å²) in [5.41, 5.74) is 2.81.